The highest BCUT2D eigenvalue weighted by molar-refractivity contribution is 7.92. The van der Waals surface area contributed by atoms with E-state index < -0.39 is 46.1 Å². The first-order valence-electron chi connectivity index (χ1n) is 9.55. The Labute approximate surface area is 180 Å². The van der Waals surface area contributed by atoms with E-state index in [4.69, 9.17) is 0 Å². The van der Waals surface area contributed by atoms with Crippen LogP contribution in [0, 0.1) is 11.6 Å². The zero-order valence-electron chi connectivity index (χ0n) is 17.5. The molecule has 0 heterocycles. The third kappa shape index (κ3) is 6.48. The van der Waals surface area contributed by atoms with E-state index in [1.54, 1.807) is 6.92 Å². The molecule has 0 aromatic heterocycles. The fraction of sp³-hybridized carbons (Fsp3) is 0.333. The quantitative estimate of drug-likeness (QED) is 0.631. The van der Waals surface area contributed by atoms with Crippen molar-refractivity contribution in [3.63, 3.8) is 0 Å². The summed E-state index contributed by atoms with van der Waals surface area (Å²) < 4.78 is 52.1. The van der Waals surface area contributed by atoms with Gasteiger partial charge in [0.2, 0.25) is 21.8 Å². The summed E-state index contributed by atoms with van der Waals surface area (Å²) in [7, 11) is -2.45. The third-order valence-electron chi connectivity index (χ3n) is 4.69. The molecule has 0 spiro atoms. The molecule has 10 heteroatoms. The van der Waals surface area contributed by atoms with Crippen LogP contribution in [0.25, 0.3) is 0 Å². The highest BCUT2D eigenvalue weighted by Crippen LogP contribution is 2.20. The number of benzene rings is 2. The maximum absolute atomic E-state index is 13.3. The number of hydrogen-bond acceptors (Lipinski definition) is 4. The fourth-order valence-corrected chi connectivity index (χ4v) is 3.94. The van der Waals surface area contributed by atoms with Gasteiger partial charge in [-0.2, -0.15) is 0 Å². The Morgan fingerprint density at radius 2 is 1.52 bits per heavy atom. The number of carbonyl (C=O) groups excluding carboxylic acids is 2. The number of halogens is 2. The van der Waals surface area contributed by atoms with Gasteiger partial charge in [0.15, 0.2) is 0 Å². The maximum atomic E-state index is 13.3. The molecule has 0 saturated carbocycles. The van der Waals surface area contributed by atoms with Crippen molar-refractivity contribution >= 4 is 27.5 Å². The molecule has 2 aromatic rings. The number of nitrogens with one attached hydrogen (secondary N) is 1. The number of carbonyl (C=O) groups is 2. The van der Waals surface area contributed by atoms with Gasteiger partial charge in [0.1, 0.15) is 24.2 Å². The van der Waals surface area contributed by atoms with E-state index in [0.717, 1.165) is 22.7 Å². The molecule has 0 fully saturated rings. The van der Waals surface area contributed by atoms with E-state index in [0.29, 0.717) is 5.56 Å². The van der Waals surface area contributed by atoms with Gasteiger partial charge in [-0.3, -0.25) is 13.9 Å². The number of rotatable bonds is 9. The van der Waals surface area contributed by atoms with Crippen LogP contribution in [-0.2, 0) is 26.2 Å². The zero-order valence-corrected chi connectivity index (χ0v) is 18.3. The second-order valence-electron chi connectivity index (χ2n) is 6.93. The summed E-state index contributed by atoms with van der Waals surface area (Å²) in [6.07, 6.45) is 1.21. The molecule has 168 valence electrons. The summed E-state index contributed by atoms with van der Waals surface area (Å²) in [5.41, 5.74) is 0.691. The molecule has 2 aromatic carbocycles. The predicted molar refractivity (Wildman–Crippen MR) is 114 cm³/mol. The van der Waals surface area contributed by atoms with Gasteiger partial charge in [0.25, 0.3) is 0 Å². The molecule has 0 unspecified atom stereocenters. The van der Waals surface area contributed by atoms with Crippen LogP contribution in [0.1, 0.15) is 18.9 Å². The highest BCUT2D eigenvalue weighted by Gasteiger charge is 2.31. The number of likely N-dealkylation sites (N-methyl/N-ethyl adjacent to an activating group) is 1. The molecule has 2 amide bonds. The Morgan fingerprint density at radius 1 is 1.00 bits per heavy atom. The number of amides is 2. The lowest BCUT2D eigenvalue weighted by molar-refractivity contribution is -0.140. The molecule has 0 bridgehead atoms. The van der Waals surface area contributed by atoms with E-state index in [9.17, 15) is 26.8 Å². The van der Waals surface area contributed by atoms with Gasteiger partial charge in [-0.1, -0.05) is 19.1 Å². The third-order valence-corrected chi connectivity index (χ3v) is 5.83. The van der Waals surface area contributed by atoms with Crippen molar-refractivity contribution in [1.29, 1.82) is 0 Å². The molecule has 0 aliphatic heterocycles. The lowest BCUT2D eigenvalue weighted by atomic mass is 10.1. The van der Waals surface area contributed by atoms with E-state index in [2.05, 4.69) is 5.32 Å². The molecule has 7 nitrogen and oxygen atoms in total. The molecule has 2 rings (SSSR count). The highest BCUT2D eigenvalue weighted by atomic mass is 32.2. The van der Waals surface area contributed by atoms with Crippen LogP contribution in [0.5, 0.6) is 0 Å². The van der Waals surface area contributed by atoms with E-state index in [-0.39, 0.29) is 18.7 Å². The SMILES string of the molecule is CC[C@H](C(=O)NC)N(Cc1ccc(F)cc1)C(=O)CN(c1ccc(F)cc1)S(C)(=O)=O. The maximum Gasteiger partial charge on any atom is 0.244 e. The minimum Gasteiger partial charge on any atom is -0.357 e. The Kier molecular flexibility index (Phi) is 8.09. The fourth-order valence-electron chi connectivity index (χ4n) is 3.09. The normalized spacial score (nSPS) is 12.2. The predicted octanol–water partition coefficient (Wildman–Crippen LogP) is 2.28. The van der Waals surface area contributed by atoms with Crippen molar-refractivity contribution in [1.82, 2.24) is 10.2 Å². The monoisotopic (exact) mass is 453 g/mol. The van der Waals surface area contributed by atoms with Gasteiger partial charge in [-0.05, 0) is 48.4 Å². The van der Waals surface area contributed by atoms with Crippen molar-refractivity contribution in [3.8, 4) is 0 Å². The minimum atomic E-state index is -3.88. The van der Waals surface area contributed by atoms with Crippen LogP contribution in [0.4, 0.5) is 14.5 Å². The molecule has 0 radical (unpaired) electrons. The van der Waals surface area contributed by atoms with Crippen LogP contribution in [0.3, 0.4) is 0 Å². The zero-order chi connectivity index (χ0) is 23.2. The number of nitrogens with zero attached hydrogens (tertiary/aromatic N) is 2. The van der Waals surface area contributed by atoms with Gasteiger partial charge < -0.3 is 10.2 Å². The lowest BCUT2D eigenvalue weighted by Gasteiger charge is -2.32. The van der Waals surface area contributed by atoms with E-state index in [1.165, 1.54) is 48.3 Å². The van der Waals surface area contributed by atoms with E-state index in [1.807, 2.05) is 0 Å². The van der Waals surface area contributed by atoms with Crippen molar-refractivity contribution in [2.45, 2.75) is 25.9 Å². The molecule has 0 aliphatic carbocycles. The van der Waals surface area contributed by atoms with Crippen molar-refractivity contribution in [3.05, 3.63) is 65.7 Å². The molecule has 31 heavy (non-hydrogen) atoms. The second kappa shape index (κ2) is 10.3. The van der Waals surface area contributed by atoms with Crippen LogP contribution in [-0.4, -0.2) is 51.0 Å². The summed E-state index contributed by atoms with van der Waals surface area (Å²) in [6, 6.07) is 9.27. The Balaban J connectivity index is 2.40. The number of hydrogen-bond donors (Lipinski definition) is 1. The lowest BCUT2D eigenvalue weighted by Crippen LogP contribution is -2.51. The average Bonchev–Trinajstić information content (AvgIpc) is 2.72. The van der Waals surface area contributed by atoms with Gasteiger partial charge in [0, 0.05) is 13.6 Å². The topological polar surface area (TPSA) is 86.8 Å². The first kappa shape index (κ1) is 24.3. The van der Waals surface area contributed by atoms with Crippen molar-refractivity contribution in [2.75, 3.05) is 24.2 Å². The van der Waals surface area contributed by atoms with Gasteiger partial charge in [0.05, 0.1) is 11.9 Å². The van der Waals surface area contributed by atoms with E-state index >= 15 is 0 Å². The summed E-state index contributed by atoms with van der Waals surface area (Å²) in [6.45, 7) is 1.12. The smallest absolute Gasteiger partial charge is 0.244 e. The molecule has 1 atom stereocenters. The van der Waals surface area contributed by atoms with Crippen LogP contribution < -0.4 is 9.62 Å². The molecule has 0 saturated heterocycles. The largest absolute Gasteiger partial charge is 0.357 e. The van der Waals surface area contributed by atoms with Crippen LogP contribution in [0.15, 0.2) is 48.5 Å². The van der Waals surface area contributed by atoms with Crippen molar-refractivity contribution < 1.29 is 26.8 Å². The standard InChI is InChI=1S/C21H25F2N3O4S/c1-4-19(21(28)24-2)25(13-15-5-7-16(22)8-6-15)20(27)14-26(31(3,29)30)18-11-9-17(23)10-12-18/h5-12,19H,4,13-14H2,1-3H3,(H,24,28)/t19-/m1/s1. The average molecular weight is 454 g/mol. The summed E-state index contributed by atoms with van der Waals surface area (Å²) in [4.78, 5) is 26.9. The molecule has 0 aliphatic rings. The Hall–Kier alpha value is -3.01. The first-order chi connectivity index (χ1) is 14.6. The van der Waals surface area contributed by atoms with Crippen LogP contribution >= 0.6 is 0 Å². The van der Waals surface area contributed by atoms with Gasteiger partial charge in [-0.25, -0.2) is 17.2 Å². The minimum absolute atomic E-state index is 0.0218. The summed E-state index contributed by atoms with van der Waals surface area (Å²) in [5.74, 6) is -2.04. The summed E-state index contributed by atoms with van der Waals surface area (Å²) in [5, 5.41) is 2.50. The van der Waals surface area contributed by atoms with Gasteiger partial charge in [-0.15, -0.1) is 0 Å². The Morgan fingerprint density at radius 3 is 1.97 bits per heavy atom. The van der Waals surface area contributed by atoms with Crippen molar-refractivity contribution in [2.24, 2.45) is 0 Å². The molecular weight excluding hydrogens is 428 g/mol. The van der Waals surface area contributed by atoms with Crippen LogP contribution in [0.2, 0.25) is 0 Å². The number of anilines is 1. The molecule has 1 N–H and O–H groups in total. The first-order valence-corrected chi connectivity index (χ1v) is 11.4. The summed E-state index contributed by atoms with van der Waals surface area (Å²) >= 11 is 0. The Bertz CT molecular complexity index is 1010. The second-order valence-corrected chi connectivity index (χ2v) is 8.84. The van der Waals surface area contributed by atoms with Gasteiger partial charge >= 0.3 is 0 Å². The number of sulfonamides is 1. The molecular formula is C21H25F2N3O4S.